The van der Waals surface area contributed by atoms with Gasteiger partial charge < -0.3 is 4.57 Å². The van der Waals surface area contributed by atoms with Crippen molar-refractivity contribution in [2.75, 3.05) is 0 Å². The van der Waals surface area contributed by atoms with Gasteiger partial charge in [-0.2, -0.15) is 5.10 Å². The smallest absolute Gasteiger partial charge is 0.132 e. The second-order valence-electron chi connectivity index (χ2n) is 4.38. The molecule has 2 aromatic heterocycles. The summed E-state index contributed by atoms with van der Waals surface area (Å²) in [5, 5.41) is 4.82. The molecule has 0 radical (unpaired) electrons. The first-order valence-electron chi connectivity index (χ1n) is 5.96. The average Bonchev–Trinajstić information content (AvgIpc) is 2.94. The number of aryl methyl sites for hydroxylation is 3. The first kappa shape index (κ1) is 11.0. The summed E-state index contributed by atoms with van der Waals surface area (Å²) in [6.07, 6.45) is 4.61. The first-order chi connectivity index (χ1) is 8.75. The Morgan fingerprint density at radius 3 is 2.89 bits per heavy atom. The zero-order valence-corrected chi connectivity index (χ0v) is 10.2. The molecule has 0 N–H and O–H groups in total. The molecular weight excluding hydrogens is 229 g/mol. The van der Waals surface area contributed by atoms with Gasteiger partial charge in [0.2, 0.25) is 0 Å². The number of rotatable bonds is 3. The van der Waals surface area contributed by atoms with E-state index in [2.05, 4.69) is 9.67 Å². The summed E-state index contributed by atoms with van der Waals surface area (Å²) >= 11 is 0. The van der Waals surface area contributed by atoms with Crippen molar-refractivity contribution in [3.63, 3.8) is 0 Å². The van der Waals surface area contributed by atoms with E-state index in [4.69, 9.17) is 0 Å². The van der Waals surface area contributed by atoms with Crippen LogP contribution in [-0.2, 0) is 20.0 Å². The van der Waals surface area contributed by atoms with Crippen LogP contribution in [0.2, 0.25) is 0 Å². The van der Waals surface area contributed by atoms with Crippen molar-refractivity contribution in [3.05, 3.63) is 54.2 Å². The molecule has 0 unspecified atom stereocenters. The van der Waals surface area contributed by atoms with Crippen molar-refractivity contribution in [3.8, 4) is 0 Å². The molecular formula is C14H14FN3. The highest BCUT2D eigenvalue weighted by molar-refractivity contribution is 5.80. The van der Waals surface area contributed by atoms with Crippen LogP contribution < -0.4 is 0 Å². The third-order valence-corrected chi connectivity index (χ3v) is 3.29. The van der Waals surface area contributed by atoms with Crippen LogP contribution in [0.3, 0.4) is 0 Å². The van der Waals surface area contributed by atoms with E-state index in [1.165, 1.54) is 11.8 Å². The molecule has 0 saturated heterocycles. The number of fused-ring (bicyclic) bond motifs is 1. The fraction of sp³-hybridized carbons (Fsp3) is 0.214. The molecule has 0 saturated carbocycles. The van der Waals surface area contributed by atoms with Crippen molar-refractivity contribution < 1.29 is 4.39 Å². The highest BCUT2D eigenvalue weighted by Gasteiger charge is 2.05. The predicted octanol–water partition coefficient (Wildman–Crippen LogP) is 2.76. The van der Waals surface area contributed by atoms with Gasteiger partial charge in [0.05, 0.1) is 5.52 Å². The van der Waals surface area contributed by atoms with E-state index in [1.54, 1.807) is 12.3 Å². The van der Waals surface area contributed by atoms with E-state index in [-0.39, 0.29) is 5.82 Å². The van der Waals surface area contributed by atoms with E-state index in [9.17, 15) is 4.39 Å². The third-order valence-electron chi connectivity index (χ3n) is 3.29. The molecule has 3 nitrogen and oxygen atoms in total. The summed E-state index contributed by atoms with van der Waals surface area (Å²) in [7, 11) is 1.93. The molecule has 0 amide bonds. The minimum Gasteiger partial charge on any atom is -0.347 e. The van der Waals surface area contributed by atoms with Crippen LogP contribution in [0.1, 0.15) is 5.69 Å². The second-order valence-corrected chi connectivity index (χ2v) is 4.38. The van der Waals surface area contributed by atoms with E-state index in [1.807, 2.05) is 36.1 Å². The maximum absolute atomic E-state index is 13.5. The molecule has 0 fully saturated rings. The molecule has 0 atom stereocenters. The molecule has 1 aromatic carbocycles. The molecule has 3 rings (SSSR count). The number of hydrogen-bond donors (Lipinski definition) is 0. The van der Waals surface area contributed by atoms with Gasteiger partial charge in [-0.15, -0.1) is 0 Å². The van der Waals surface area contributed by atoms with Gasteiger partial charge in [0.15, 0.2) is 0 Å². The Morgan fingerprint density at radius 1 is 1.22 bits per heavy atom. The zero-order valence-electron chi connectivity index (χ0n) is 10.2. The normalized spacial score (nSPS) is 11.2. The van der Waals surface area contributed by atoms with Gasteiger partial charge in [-0.3, -0.25) is 4.68 Å². The molecule has 0 aliphatic rings. The lowest BCUT2D eigenvalue weighted by Gasteiger charge is -2.06. The minimum absolute atomic E-state index is 0.160. The van der Waals surface area contributed by atoms with Crippen LogP contribution in [0, 0.1) is 5.82 Å². The Kier molecular flexibility index (Phi) is 2.63. The number of aromatic nitrogens is 3. The number of hydrogen-bond acceptors (Lipinski definition) is 1. The Labute approximate surface area is 104 Å². The molecule has 0 spiro atoms. The summed E-state index contributed by atoms with van der Waals surface area (Å²) in [5.74, 6) is -0.160. The summed E-state index contributed by atoms with van der Waals surface area (Å²) in [5.41, 5.74) is 2.12. The van der Waals surface area contributed by atoms with Gasteiger partial charge in [0.25, 0.3) is 0 Å². The fourth-order valence-corrected chi connectivity index (χ4v) is 2.26. The molecule has 0 aliphatic heterocycles. The summed E-state index contributed by atoms with van der Waals surface area (Å²) in [6.45, 7) is 0.826. The molecule has 0 bridgehead atoms. The Morgan fingerprint density at radius 2 is 2.11 bits per heavy atom. The van der Waals surface area contributed by atoms with Crippen molar-refractivity contribution in [2.24, 2.45) is 7.05 Å². The summed E-state index contributed by atoms with van der Waals surface area (Å²) < 4.78 is 17.5. The second kappa shape index (κ2) is 4.29. The molecule has 3 aromatic rings. The lowest BCUT2D eigenvalue weighted by molar-refractivity contribution is 0.637. The SMILES string of the molecule is Cn1nccc1CCn1ccc2c(F)cccc21. The Hall–Kier alpha value is -2.10. The van der Waals surface area contributed by atoms with Crippen molar-refractivity contribution in [1.29, 1.82) is 0 Å². The molecule has 2 heterocycles. The van der Waals surface area contributed by atoms with E-state index in [0.29, 0.717) is 5.39 Å². The highest BCUT2D eigenvalue weighted by atomic mass is 19.1. The van der Waals surface area contributed by atoms with Crippen molar-refractivity contribution in [2.45, 2.75) is 13.0 Å². The molecule has 4 heteroatoms. The van der Waals surface area contributed by atoms with Crippen LogP contribution in [0.5, 0.6) is 0 Å². The maximum atomic E-state index is 13.5. The van der Waals surface area contributed by atoms with Crippen LogP contribution in [0.25, 0.3) is 10.9 Å². The zero-order chi connectivity index (χ0) is 12.5. The van der Waals surface area contributed by atoms with Gasteiger partial charge in [-0.1, -0.05) is 6.07 Å². The molecule has 92 valence electrons. The first-order valence-corrected chi connectivity index (χ1v) is 5.96. The van der Waals surface area contributed by atoms with Gasteiger partial charge in [-0.05, 0) is 24.3 Å². The Balaban J connectivity index is 1.87. The minimum atomic E-state index is -0.160. The number of halogens is 1. The maximum Gasteiger partial charge on any atom is 0.132 e. The predicted molar refractivity (Wildman–Crippen MR) is 68.8 cm³/mol. The van der Waals surface area contributed by atoms with Crippen molar-refractivity contribution >= 4 is 10.9 Å². The van der Waals surface area contributed by atoms with Gasteiger partial charge >= 0.3 is 0 Å². The van der Waals surface area contributed by atoms with Crippen LogP contribution in [-0.4, -0.2) is 14.3 Å². The third kappa shape index (κ3) is 1.79. The molecule has 18 heavy (non-hydrogen) atoms. The van der Waals surface area contributed by atoms with Crippen molar-refractivity contribution in [1.82, 2.24) is 14.3 Å². The number of benzene rings is 1. The van der Waals surface area contributed by atoms with Crippen LogP contribution in [0.15, 0.2) is 42.7 Å². The molecule has 0 aliphatic carbocycles. The Bertz CT molecular complexity index is 681. The summed E-state index contributed by atoms with van der Waals surface area (Å²) in [6, 6.07) is 9.02. The van der Waals surface area contributed by atoms with Gasteiger partial charge in [0, 0.05) is 43.5 Å². The standard InChI is InChI=1S/C14H14FN3/c1-17-11(5-8-16-17)6-9-18-10-7-12-13(15)3-2-4-14(12)18/h2-5,7-8,10H,6,9H2,1H3. The van der Waals surface area contributed by atoms with Crippen LogP contribution >= 0.6 is 0 Å². The van der Waals surface area contributed by atoms with E-state index < -0.39 is 0 Å². The van der Waals surface area contributed by atoms with E-state index >= 15 is 0 Å². The lowest BCUT2D eigenvalue weighted by atomic mass is 10.2. The lowest BCUT2D eigenvalue weighted by Crippen LogP contribution is -2.04. The monoisotopic (exact) mass is 243 g/mol. The summed E-state index contributed by atoms with van der Waals surface area (Å²) in [4.78, 5) is 0. The van der Waals surface area contributed by atoms with Gasteiger partial charge in [0.1, 0.15) is 5.82 Å². The fourth-order valence-electron chi connectivity index (χ4n) is 2.26. The van der Waals surface area contributed by atoms with E-state index in [0.717, 1.165) is 18.5 Å². The largest absolute Gasteiger partial charge is 0.347 e. The number of nitrogens with zero attached hydrogens (tertiary/aromatic N) is 3. The van der Waals surface area contributed by atoms with Crippen LogP contribution in [0.4, 0.5) is 4.39 Å². The average molecular weight is 243 g/mol. The topological polar surface area (TPSA) is 22.8 Å². The quantitative estimate of drug-likeness (QED) is 0.693. The highest BCUT2D eigenvalue weighted by Crippen LogP contribution is 2.19. The van der Waals surface area contributed by atoms with Gasteiger partial charge in [-0.25, -0.2) is 4.39 Å².